The van der Waals surface area contributed by atoms with Crippen molar-refractivity contribution in [1.82, 2.24) is 24.8 Å². The summed E-state index contributed by atoms with van der Waals surface area (Å²) in [5.41, 5.74) is 5.31. The number of hydrogen-bond acceptors (Lipinski definition) is 8. The van der Waals surface area contributed by atoms with E-state index in [2.05, 4.69) is 62.5 Å². The van der Waals surface area contributed by atoms with Gasteiger partial charge in [-0.25, -0.2) is 15.0 Å². The molecule has 3 heterocycles. The summed E-state index contributed by atoms with van der Waals surface area (Å²) in [6.45, 7) is 10.0. The zero-order valence-corrected chi connectivity index (χ0v) is 18.3. The second-order valence-electron chi connectivity index (χ2n) is 7.75. The number of anilines is 2. The molecule has 0 atom stereocenters. The third-order valence-electron chi connectivity index (χ3n) is 5.17. The lowest BCUT2D eigenvalue weighted by molar-refractivity contribution is 0.108. The van der Waals surface area contributed by atoms with Crippen molar-refractivity contribution in [2.24, 2.45) is 0 Å². The van der Waals surface area contributed by atoms with Gasteiger partial charge >= 0.3 is 0 Å². The molecule has 8 heteroatoms. The normalized spacial score (nSPS) is 15.4. The average molecular weight is 425 g/mol. The minimum absolute atomic E-state index is 0.231. The van der Waals surface area contributed by atoms with Crippen LogP contribution in [0.2, 0.25) is 0 Å². The molecule has 1 aliphatic heterocycles. The van der Waals surface area contributed by atoms with E-state index in [4.69, 9.17) is 10.1 Å². The molecule has 0 bridgehead atoms. The molecule has 0 unspecified atom stereocenters. The fourth-order valence-electron chi connectivity index (χ4n) is 3.75. The molecule has 1 aliphatic rings. The molecule has 0 spiro atoms. The molecule has 1 aromatic carbocycles. The Morgan fingerprint density at radius 1 is 1.03 bits per heavy atom. The first-order chi connectivity index (χ1) is 14.6. The van der Waals surface area contributed by atoms with Crippen LogP contribution < -0.4 is 5.32 Å². The van der Waals surface area contributed by atoms with Gasteiger partial charge in [-0.2, -0.15) is 0 Å². The number of aliphatic hydroxyl groups is 1. The summed E-state index contributed by atoms with van der Waals surface area (Å²) in [4.78, 5) is 18.6. The molecule has 30 heavy (non-hydrogen) atoms. The van der Waals surface area contributed by atoms with Crippen molar-refractivity contribution in [3.8, 4) is 10.7 Å². The number of aromatic nitrogens is 3. The standard InChI is InChI=1S/C22H28N6OS/c1-16-11-17(2)13-18(12-16)25-22-23-4-3-20(26-22)21-24-19(15-30-21)14-28-7-5-27(6-8-28)9-10-29/h3-4,11-13,15,29H,5-10,14H2,1-2H3,(H,23,25,26). The van der Waals surface area contributed by atoms with Crippen molar-refractivity contribution in [2.75, 3.05) is 44.6 Å². The largest absolute Gasteiger partial charge is 0.395 e. The summed E-state index contributed by atoms with van der Waals surface area (Å²) < 4.78 is 0. The molecule has 158 valence electrons. The van der Waals surface area contributed by atoms with Crippen LogP contribution >= 0.6 is 11.3 Å². The van der Waals surface area contributed by atoms with Gasteiger partial charge in [0.2, 0.25) is 5.95 Å². The zero-order valence-electron chi connectivity index (χ0n) is 17.5. The molecule has 0 amide bonds. The fraction of sp³-hybridized carbons (Fsp3) is 0.409. The van der Waals surface area contributed by atoms with Crippen molar-refractivity contribution < 1.29 is 5.11 Å². The Hall–Kier alpha value is -2.39. The Balaban J connectivity index is 1.40. The quantitative estimate of drug-likeness (QED) is 0.604. The third-order valence-corrected chi connectivity index (χ3v) is 6.08. The number of nitrogens with one attached hydrogen (secondary N) is 1. The predicted molar refractivity (Wildman–Crippen MR) is 121 cm³/mol. The van der Waals surface area contributed by atoms with E-state index in [0.29, 0.717) is 5.95 Å². The fourth-order valence-corrected chi connectivity index (χ4v) is 4.53. The maximum absolute atomic E-state index is 9.08. The number of aryl methyl sites for hydroxylation is 2. The topological polar surface area (TPSA) is 77.4 Å². The lowest BCUT2D eigenvalue weighted by Gasteiger charge is -2.33. The van der Waals surface area contributed by atoms with Crippen LogP contribution in [0.4, 0.5) is 11.6 Å². The van der Waals surface area contributed by atoms with Crippen LogP contribution in [-0.2, 0) is 6.54 Å². The molecule has 2 N–H and O–H groups in total. The minimum atomic E-state index is 0.231. The molecule has 0 saturated carbocycles. The van der Waals surface area contributed by atoms with E-state index in [1.807, 2.05) is 6.07 Å². The molecule has 3 aromatic rings. The summed E-state index contributed by atoms with van der Waals surface area (Å²) >= 11 is 1.62. The van der Waals surface area contributed by atoms with E-state index in [1.54, 1.807) is 17.5 Å². The first kappa shape index (κ1) is 20.9. The van der Waals surface area contributed by atoms with E-state index in [9.17, 15) is 0 Å². The molecular weight excluding hydrogens is 396 g/mol. The highest BCUT2D eigenvalue weighted by Gasteiger charge is 2.18. The van der Waals surface area contributed by atoms with E-state index in [1.165, 1.54) is 11.1 Å². The monoisotopic (exact) mass is 424 g/mol. The van der Waals surface area contributed by atoms with Crippen LogP contribution in [0, 0.1) is 13.8 Å². The van der Waals surface area contributed by atoms with Gasteiger partial charge in [0.25, 0.3) is 0 Å². The van der Waals surface area contributed by atoms with E-state index < -0.39 is 0 Å². The van der Waals surface area contributed by atoms with Crippen molar-refractivity contribution in [2.45, 2.75) is 20.4 Å². The Bertz CT molecular complexity index is 963. The maximum atomic E-state index is 9.08. The van der Waals surface area contributed by atoms with E-state index in [0.717, 1.165) is 61.4 Å². The molecule has 2 aromatic heterocycles. The van der Waals surface area contributed by atoms with Crippen LogP contribution in [0.5, 0.6) is 0 Å². The highest BCUT2D eigenvalue weighted by molar-refractivity contribution is 7.13. The number of piperazine rings is 1. The SMILES string of the molecule is Cc1cc(C)cc(Nc2nccc(-c3nc(CN4CCN(CCO)CC4)cs3)n2)c1. The Kier molecular flexibility index (Phi) is 6.69. The number of benzene rings is 1. The van der Waals surface area contributed by atoms with Gasteiger partial charge in [-0.05, 0) is 43.2 Å². The number of aliphatic hydroxyl groups excluding tert-OH is 1. The number of β-amino-alcohol motifs (C(OH)–C–C–N with tert-alkyl or cyclic N) is 1. The highest BCUT2D eigenvalue weighted by atomic mass is 32.1. The van der Waals surface area contributed by atoms with Gasteiger partial charge in [-0.3, -0.25) is 9.80 Å². The van der Waals surface area contributed by atoms with Gasteiger partial charge in [0.05, 0.1) is 12.3 Å². The van der Waals surface area contributed by atoms with Crippen LogP contribution in [0.3, 0.4) is 0 Å². The number of rotatable bonds is 7. The third kappa shape index (κ3) is 5.40. The van der Waals surface area contributed by atoms with Gasteiger partial charge in [0.1, 0.15) is 10.7 Å². The summed E-state index contributed by atoms with van der Waals surface area (Å²) in [6, 6.07) is 8.23. The summed E-state index contributed by atoms with van der Waals surface area (Å²) in [7, 11) is 0. The molecular formula is C22H28N6OS. The Labute approximate surface area is 181 Å². The summed E-state index contributed by atoms with van der Waals surface area (Å²) in [5, 5.41) is 15.4. The van der Waals surface area contributed by atoms with E-state index in [-0.39, 0.29) is 6.61 Å². The Morgan fingerprint density at radius 2 is 1.77 bits per heavy atom. The minimum Gasteiger partial charge on any atom is -0.395 e. The van der Waals surface area contributed by atoms with Gasteiger partial charge in [0.15, 0.2) is 0 Å². The lowest BCUT2D eigenvalue weighted by atomic mass is 10.1. The van der Waals surface area contributed by atoms with Crippen molar-refractivity contribution in [1.29, 1.82) is 0 Å². The van der Waals surface area contributed by atoms with Gasteiger partial charge in [0, 0.05) is 56.5 Å². The summed E-state index contributed by atoms with van der Waals surface area (Å²) in [6.07, 6.45) is 1.77. The zero-order chi connectivity index (χ0) is 20.9. The number of thiazole rings is 1. The molecule has 4 rings (SSSR count). The van der Waals surface area contributed by atoms with Gasteiger partial charge in [-0.1, -0.05) is 6.07 Å². The van der Waals surface area contributed by atoms with Crippen LogP contribution in [-0.4, -0.2) is 69.2 Å². The highest BCUT2D eigenvalue weighted by Crippen LogP contribution is 2.24. The van der Waals surface area contributed by atoms with Crippen molar-refractivity contribution >= 4 is 23.0 Å². The summed E-state index contributed by atoms with van der Waals surface area (Å²) in [5.74, 6) is 0.578. The van der Waals surface area contributed by atoms with Crippen molar-refractivity contribution in [3.63, 3.8) is 0 Å². The van der Waals surface area contributed by atoms with Crippen LogP contribution in [0.15, 0.2) is 35.8 Å². The Morgan fingerprint density at radius 3 is 2.50 bits per heavy atom. The van der Waals surface area contributed by atoms with E-state index >= 15 is 0 Å². The molecule has 1 fully saturated rings. The number of nitrogens with zero attached hydrogens (tertiary/aromatic N) is 5. The lowest BCUT2D eigenvalue weighted by Crippen LogP contribution is -2.46. The molecule has 0 radical (unpaired) electrons. The van der Waals surface area contributed by atoms with Gasteiger partial charge < -0.3 is 10.4 Å². The molecule has 1 saturated heterocycles. The maximum Gasteiger partial charge on any atom is 0.227 e. The van der Waals surface area contributed by atoms with Gasteiger partial charge in [-0.15, -0.1) is 11.3 Å². The first-order valence-electron chi connectivity index (χ1n) is 10.3. The second-order valence-corrected chi connectivity index (χ2v) is 8.61. The molecule has 7 nitrogen and oxygen atoms in total. The first-order valence-corrected chi connectivity index (χ1v) is 11.2. The predicted octanol–water partition coefficient (Wildman–Crippen LogP) is 3.07. The average Bonchev–Trinajstić information content (AvgIpc) is 3.18. The second kappa shape index (κ2) is 9.61. The smallest absolute Gasteiger partial charge is 0.227 e. The van der Waals surface area contributed by atoms with Crippen LogP contribution in [0.25, 0.3) is 10.7 Å². The number of hydrogen-bond donors (Lipinski definition) is 2. The van der Waals surface area contributed by atoms with Crippen LogP contribution in [0.1, 0.15) is 16.8 Å². The molecule has 0 aliphatic carbocycles. The van der Waals surface area contributed by atoms with Crippen molar-refractivity contribution in [3.05, 3.63) is 52.7 Å².